The number of ether oxygens (including phenoxy) is 2. The molecule has 0 heterocycles. The van der Waals surface area contributed by atoms with Crippen LogP contribution in [-0.2, 0) is 16.0 Å². The molecule has 0 saturated heterocycles. The molecule has 3 aromatic rings. The summed E-state index contributed by atoms with van der Waals surface area (Å²) in [6.45, 7) is 4.06. The SMILES string of the molecule is CCOc1ccc(/C=N\NC(=O)[C@@H](Cc2ccccc2)NC(=O)[C@H](C)Oc2ccc(Cl)cc2Cl)cc1. The fourth-order valence-corrected chi connectivity index (χ4v) is 3.68. The third-order valence-electron chi connectivity index (χ3n) is 5.06. The fraction of sp³-hybridized carbons (Fsp3) is 0.222. The maximum absolute atomic E-state index is 12.9. The molecule has 0 fully saturated rings. The van der Waals surface area contributed by atoms with Crippen LogP contribution < -0.4 is 20.2 Å². The van der Waals surface area contributed by atoms with Gasteiger partial charge in [0.2, 0.25) is 0 Å². The molecule has 0 bridgehead atoms. The van der Waals surface area contributed by atoms with E-state index >= 15 is 0 Å². The lowest BCUT2D eigenvalue weighted by molar-refractivity contribution is -0.132. The lowest BCUT2D eigenvalue weighted by atomic mass is 10.1. The molecule has 0 unspecified atom stereocenters. The minimum absolute atomic E-state index is 0.269. The van der Waals surface area contributed by atoms with Crippen LogP contribution in [0.3, 0.4) is 0 Å². The summed E-state index contributed by atoms with van der Waals surface area (Å²) in [5.74, 6) is 0.118. The second kappa shape index (κ2) is 13.5. The van der Waals surface area contributed by atoms with Gasteiger partial charge in [-0.2, -0.15) is 5.10 Å². The van der Waals surface area contributed by atoms with Crippen molar-refractivity contribution in [3.8, 4) is 11.5 Å². The van der Waals surface area contributed by atoms with Crippen LogP contribution in [-0.4, -0.2) is 36.8 Å². The van der Waals surface area contributed by atoms with Crippen LogP contribution in [0.4, 0.5) is 0 Å². The van der Waals surface area contributed by atoms with Crippen molar-refractivity contribution in [2.45, 2.75) is 32.4 Å². The fourth-order valence-electron chi connectivity index (χ4n) is 3.23. The monoisotopic (exact) mass is 527 g/mol. The molecule has 3 aromatic carbocycles. The van der Waals surface area contributed by atoms with Crippen LogP contribution in [0.25, 0.3) is 0 Å². The Morgan fingerprint density at radius 1 is 1.00 bits per heavy atom. The Balaban J connectivity index is 1.66. The first-order valence-electron chi connectivity index (χ1n) is 11.4. The molecule has 188 valence electrons. The van der Waals surface area contributed by atoms with Gasteiger partial charge in [0.15, 0.2) is 6.10 Å². The highest BCUT2D eigenvalue weighted by Crippen LogP contribution is 2.28. The van der Waals surface area contributed by atoms with Gasteiger partial charge in [-0.3, -0.25) is 9.59 Å². The van der Waals surface area contributed by atoms with Crippen molar-refractivity contribution < 1.29 is 19.1 Å². The Morgan fingerprint density at radius 3 is 2.39 bits per heavy atom. The molecule has 0 aliphatic carbocycles. The molecule has 2 N–H and O–H groups in total. The Bertz CT molecular complexity index is 1190. The number of hydrogen-bond acceptors (Lipinski definition) is 5. The Hall–Kier alpha value is -3.55. The third kappa shape index (κ3) is 8.29. The number of nitrogens with zero attached hydrogens (tertiary/aromatic N) is 1. The van der Waals surface area contributed by atoms with E-state index in [0.29, 0.717) is 17.4 Å². The van der Waals surface area contributed by atoms with Gasteiger partial charge in [-0.05, 0) is 67.4 Å². The van der Waals surface area contributed by atoms with Crippen molar-refractivity contribution in [3.05, 3.63) is 94.0 Å². The summed E-state index contributed by atoms with van der Waals surface area (Å²) in [7, 11) is 0. The zero-order valence-electron chi connectivity index (χ0n) is 19.9. The minimum Gasteiger partial charge on any atom is -0.494 e. The van der Waals surface area contributed by atoms with Gasteiger partial charge in [-0.25, -0.2) is 5.43 Å². The van der Waals surface area contributed by atoms with Gasteiger partial charge in [-0.1, -0.05) is 53.5 Å². The number of carbonyl (C=O) groups is 2. The van der Waals surface area contributed by atoms with Gasteiger partial charge in [0.05, 0.1) is 17.8 Å². The average Bonchev–Trinajstić information content (AvgIpc) is 2.87. The molecular weight excluding hydrogens is 501 g/mol. The van der Waals surface area contributed by atoms with Crippen LogP contribution >= 0.6 is 23.2 Å². The van der Waals surface area contributed by atoms with Crippen molar-refractivity contribution in [3.63, 3.8) is 0 Å². The molecule has 0 radical (unpaired) electrons. The molecule has 7 nitrogen and oxygen atoms in total. The maximum Gasteiger partial charge on any atom is 0.262 e. The molecular formula is C27H27Cl2N3O4. The van der Waals surface area contributed by atoms with E-state index in [1.807, 2.05) is 61.5 Å². The van der Waals surface area contributed by atoms with Gasteiger partial charge in [0.25, 0.3) is 11.8 Å². The predicted octanol–water partition coefficient (Wildman–Crippen LogP) is 5.04. The van der Waals surface area contributed by atoms with Crippen molar-refractivity contribution in [1.82, 2.24) is 10.7 Å². The van der Waals surface area contributed by atoms with E-state index in [-0.39, 0.29) is 11.4 Å². The molecule has 0 spiro atoms. The van der Waals surface area contributed by atoms with Crippen molar-refractivity contribution in [2.24, 2.45) is 5.10 Å². The van der Waals surface area contributed by atoms with Crippen molar-refractivity contribution in [2.75, 3.05) is 6.61 Å². The van der Waals surface area contributed by atoms with Crippen LogP contribution in [0.15, 0.2) is 77.9 Å². The van der Waals surface area contributed by atoms with Crippen molar-refractivity contribution in [1.29, 1.82) is 0 Å². The molecule has 0 aliphatic rings. The Kier molecular flexibility index (Phi) is 10.2. The van der Waals surface area contributed by atoms with Gasteiger partial charge in [0.1, 0.15) is 17.5 Å². The highest BCUT2D eigenvalue weighted by molar-refractivity contribution is 6.35. The normalized spacial score (nSPS) is 12.6. The first-order chi connectivity index (χ1) is 17.4. The van der Waals surface area contributed by atoms with Gasteiger partial charge < -0.3 is 14.8 Å². The number of benzene rings is 3. The number of carbonyl (C=O) groups excluding carboxylic acids is 2. The number of hydrazone groups is 1. The molecule has 36 heavy (non-hydrogen) atoms. The van der Waals surface area contributed by atoms with E-state index in [1.54, 1.807) is 19.1 Å². The van der Waals surface area contributed by atoms with E-state index in [9.17, 15) is 9.59 Å². The molecule has 0 saturated carbocycles. The summed E-state index contributed by atoms with van der Waals surface area (Å²) in [5.41, 5.74) is 4.17. The molecule has 0 aliphatic heterocycles. The molecule has 9 heteroatoms. The summed E-state index contributed by atoms with van der Waals surface area (Å²) >= 11 is 12.1. The topological polar surface area (TPSA) is 89.0 Å². The van der Waals surface area contributed by atoms with Crippen LogP contribution in [0.2, 0.25) is 10.0 Å². The zero-order valence-corrected chi connectivity index (χ0v) is 21.4. The first kappa shape index (κ1) is 27.0. The third-order valence-corrected chi connectivity index (χ3v) is 5.59. The molecule has 2 amide bonds. The summed E-state index contributed by atoms with van der Waals surface area (Å²) in [6.07, 6.45) is 0.872. The van der Waals surface area contributed by atoms with E-state index in [1.165, 1.54) is 12.3 Å². The predicted molar refractivity (Wildman–Crippen MR) is 142 cm³/mol. The number of halogens is 2. The minimum atomic E-state index is -0.915. The lowest BCUT2D eigenvalue weighted by Gasteiger charge is -2.21. The number of amides is 2. The Labute approximate surface area is 220 Å². The highest BCUT2D eigenvalue weighted by Gasteiger charge is 2.25. The van der Waals surface area contributed by atoms with Crippen molar-refractivity contribution >= 4 is 41.2 Å². The summed E-state index contributed by atoms with van der Waals surface area (Å²) in [6, 6.07) is 20.5. The standard InChI is InChI=1S/C27H27Cl2N3O4/c1-3-35-22-12-9-20(10-13-22)17-30-32-27(34)24(15-19-7-5-4-6-8-19)31-26(33)18(2)36-25-14-11-21(28)16-23(25)29/h4-14,16-18,24H,3,15H2,1-2H3,(H,31,33)(H,32,34)/b30-17-/t18-,24+/m0/s1. The Morgan fingerprint density at radius 2 is 1.72 bits per heavy atom. The van der Waals surface area contributed by atoms with Crippen LogP contribution in [0.5, 0.6) is 11.5 Å². The average molecular weight is 528 g/mol. The summed E-state index contributed by atoms with van der Waals surface area (Å²) < 4.78 is 11.1. The molecule has 0 aromatic heterocycles. The largest absolute Gasteiger partial charge is 0.494 e. The van der Waals surface area contributed by atoms with Gasteiger partial charge in [0, 0.05) is 11.4 Å². The van der Waals surface area contributed by atoms with E-state index in [0.717, 1.165) is 16.9 Å². The number of rotatable bonds is 11. The van der Waals surface area contributed by atoms with Crippen LogP contribution in [0, 0.1) is 0 Å². The number of nitrogens with one attached hydrogen (secondary N) is 2. The second-order valence-corrected chi connectivity index (χ2v) is 8.67. The quantitative estimate of drug-likeness (QED) is 0.270. The zero-order chi connectivity index (χ0) is 25.9. The molecule has 3 rings (SSSR count). The number of hydrogen-bond donors (Lipinski definition) is 2. The van der Waals surface area contributed by atoms with E-state index in [4.69, 9.17) is 32.7 Å². The van der Waals surface area contributed by atoms with E-state index in [2.05, 4.69) is 15.8 Å². The first-order valence-corrected chi connectivity index (χ1v) is 12.1. The smallest absolute Gasteiger partial charge is 0.262 e. The van der Waals surface area contributed by atoms with Gasteiger partial charge in [-0.15, -0.1) is 0 Å². The summed E-state index contributed by atoms with van der Waals surface area (Å²) in [5, 5.41) is 7.53. The van der Waals surface area contributed by atoms with E-state index < -0.39 is 24.0 Å². The van der Waals surface area contributed by atoms with Crippen LogP contribution in [0.1, 0.15) is 25.0 Å². The lowest BCUT2D eigenvalue weighted by Crippen LogP contribution is -2.50. The second-order valence-electron chi connectivity index (χ2n) is 7.82. The van der Waals surface area contributed by atoms with Gasteiger partial charge >= 0.3 is 0 Å². The molecule has 2 atom stereocenters. The summed E-state index contributed by atoms with van der Waals surface area (Å²) in [4.78, 5) is 25.8. The highest BCUT2D eigenvalue weighted by atomic mass is 35.5. The maximum atomic E-state index is 12.9.